The summed E-state index contributed by atoms with van der Waals surface area (Å²) in [6.07, 6.45) is 2.53. The number of phenolic OH excluding ortho intramolecular Hbond substituents is 1. The smallest absolute Gasteiger partial charge is 0.194 e. The van der Waals surface area contributed by atoms with E-state index in [0.717, 1.165) is 50.9 Å². The minimum absolute atomic E-state index is 0.362. The average Bonchev–Trinajstić information content (AvgIpc) is 3.04. The Labute approximate surface area is 151 Å². The van der Waals surface area contributed by atoms with E-state index >= 15 is 0 Å². The number of aliphatic imine (C=N–C) groups is 1. The number of hydrogen-bond donors (Lipinski definition) is 2. The molecule has 2 heterocycles. The molecule has 1 unspecified atom stereocenters. The van der Waals surface area contributed by atoms with Gasteiger partial charge in [-0.25, -0.2) is 0 Å². The van der Waals surface area contributed by atoms with E-state index in [1.54, 1.807) is 6.07 Å². The normalized spacial score (nSPS) is 22.5. The standard InChI is InChI=1S/C19H31N5O/c1-3-20-19(21-15-16-7-6-10-22(16)2)24-13-11-23(12-14-24)17-8-4-5-9-18(17)25/h4-5,8-9,16,25H,3,6-7,10-15H2,1-2H3,(H,20,21). The van der Waals surface area contributed by atoms with E-state index in [2.05, 4.69) is 34.0 Å². The molecule has 0 bridgehead atoms. The number of likely N-dealkylation sites (tertiary alicyclic amines) is 1. The summed E-state index contributed by atoms with van der Waals surface area (Å²) in [5.41, 5.74) is 0.927. The quantitative estimate of drug-likeness (QED) is 0.641. The third-order valence-corrected chi connectivity index (χ3v) is 5.26. The first kappa shape index (κ1) is 17.9. The third kappa shape index (κ3) is 4.37. The molecule has 0 spiro atoms. The van der Waals surface area contributed by atoms with E-state index in [4.69, 9.17) is 4.99 Å². The van der Waals surface area contributed by atoms with Gasteiger partial charge in [-0.05, 0) is 45.5 Å². The Bertz CT molecular complexity index is 583. The van der Waals surface area contributed by atoms with Gasteiger partial charge in [0.05, 0.1) is 12.2 Å². The molecule has 6 nitrogen and oxygen atoms in total. The lowest BCUT2D eigenvalue weighted by Crippen LogP contribution is -2.52. The monoisotopic (exact) mass is 345 g/mol. The number of rotatable bonds is 4. The van der Waals surface area contributed by atoms with Crippen LogP contribution < -0.4 is 10.2 Å². The molecule has 6 heteroatoms. The number of hydrogen-bond acceptors (Lipinski definition) is 4. The molecule has 3 rings (SSSR count). The highest BCUT2D eigenvalue weighted by molar-refractivity contribution is 5.80. The summed E-state index contributed by atoms with van der Waals surface area (Å²) in [6, 6.07) is 8.16. The van der Waals surface area contributed by atoms with Crippen LogP contribution in [0, 0.1) is 0 Å². The van der Waals surface area contributed by atoms with Gasteiger partial charge in [0.2, 0.25) is 0 Å². The molecule has 0 radical (unpaired) electrons. The van der Waals surface area contributed by atoms with Crippen molar-refractivity contribution in [2.45, 2.75) is 25.8 Å². The van der Waals surface area contributed by atoms with Crippen LogP contribution in [0.5, 0.6) is 5.75 Å². The van der Waals surface area contributed by atoms with Crippen molar-refractivity contribution in [2.24, 2.45) is 4.99 Å². The molecule has 0 aliphatic carbocycles. The van der Waals surface area contributed by atoms with Crippen molar-refractivity contribution in [1.82, 2.24) is 15.1 Å². The Morgan fingerprint density at radius 1 is 1.20 bits per heavy atom. The highest BCUT2D eigenvalue weighted by atomic mass is 16.3. The lowest BCUT2D eigenvalue weighted by atomic mass is 10.2. The summed E-state index contributed by atoms with van der Waals surface area (Å²) < 4.78 is 0. The topological polar surface area (TPSA) is 54.3 Å². The van der Waals surface area contributed by atoms with E-state index in [1.165, 1.54) is 19.4 Å². The number of aromatic hydroxyl groups is 1. The van der Waals surface area contributed by atoms with Gasteiger partial charge in [-0.3, -0.25) is 4.99 Å². The molecule has 0 amide bonds. The first-order valence-electron chi connectivity index (χ1n) is 9.45. The number of likely N-dealkylation sites (N-methyl/N-ethyl adjacent to an activating group) is 1. The fraction of sp³-hybridized carbons (Fsp3) is 0.632. The van der Waals surface area contributed by atoms with Crippen molar-refractivity contribution in [3.63, 3.8) is 0 Å². The molecule has 0 saturated carbocycles. The zero-order valence-electron chi connectivity index (χ0n) is 15.5. The van der Waals surface area contributed by atoms with Crippen molar-refractivity contribution < 1.29 is 5.11 Å². The van der Waals surface area contributed by atoms with E-state index in [9.17, 15) is 5.11 Å². The molecule has 1 atom stereocenters. The molecule has 2 aliphatic heterocycles. The Balaban J connectivity index is 1.59. The second-order valence-electron chi connectivity index (χ2n) is 6.93. The average molecular weight is 345 g/mol. The van der Waals surface area contributed by atoms with E-state index < -0.39 is 0 Å². The molecule has 2 fully saturated rings. The van der Waals surface area contributed by atoms with Gasteiger partial charge in [0, 0.05) is 38.8 Å². The van der Waals surface area contributed by atoms with Gasteiger partial charge in [-0.15, -0.1) is 0 Å². The molecule has 2 aliphatic rings. The zero-order chi connectivity index (χ0) is 17.6. The molecule has 2 N–H and O–H groups in total. The van der Waals surface area contributed by atoms with Gasteiger partial charge in [0.1, 0.15) is 5.75 Å². The van der Waals surface area contributed by atoms with E-state index in [1.807, 2.05) is 18.2 Å². The van der Waals surface area contributed by atoms with Crippen LogP contribution in [0.15, 0.2) is 29.3 Å². The number of piperazine rings is 1. The fourth-order valence-electron chi connectivity index (χ4n) is 3.72. The van der Waals surface area contributed by atoms with Crippen LogP contribution in [0.1, 0.15) is 19.8 Å². The van der Waals surface area contributed by atoms with Gasteiger partial charge >= 0.3 is 0 Å². The van der Waals surface area contributed by atoms with Crippen LogP contribution in [-0.2, 0) is 0 Å². The third-order valence-electron chi connectivity index (χ3n) is 5.26. The number of nitrogens with zero attached hydrogens (tertiary/aromatic N) is 4. The predicted octanol–water partition coefficient (Wildman–Crippen LogP) is 1.57. The molecular formula is C19H31N5O. The second kappa shape index (κ2) is 8.43. The highest BCUT2D eigenvalue weighted by Gasteiger charge is 2.23. The largest absolute Gasteiger partial charge is 0.506 e. The summed E-state index contributed by atoms with van der Waals surface area (Å²) in [5, 5.41) is 13.5. The Morgan fingerprint density at radius 2 is 1.96 bits per heavy atom. The molecule has 0 aromatic heterocycles. The van der Waals surface area contributed by atoms with Crippen molar-refractivity contribution in [2.75, 3.05) is 57.8 Å². The molecule has 1 aromatic rings. The first-order valence-corrected chi connectivity index (χ1v) is 9.45. The van der Waals surface area contributed by atoms with Crippen molar-refractivity contribution in [3.8, 4) is 5.75 Å². The summed E-state index contributed by atoms with van der Waals surface area (Å²) >= 11 is 0. The summed E-state index contributed by atoms with van der Waals surface area (Å²) in [7, 11) is 2.20. The van der Waals surface area contributed by atoms with Crippen LogP contribution in [0.25, 0.3) is 0 Å². The van der Waals surface area contributed by atoms with E-state index in [0.29, 0.717) is 11.8 Å². The van der Waals surface area contributed by atoms with Crippen molar-refractivity contribution in [1.29, 1.82) is 0 Å². The SMILES string of the molecule is CCNC(=NCC1CCCN1C)N1CCN(c2ccccc2O)CC1. The van der Waals surface area contributed by atoms with Crippen molar-refractivity contribution >= 4 is 11.6 Å². The lowest BCUT2D eigenvalue weighted by Gasteiger charge is -2.38. The van der Waals surface area contributed by atoms with Gasteiger partial charge in [-0.1, -0.05) is 12.1 Å². The van der Waals surface area contributed by atoms with Crippen LogP contribution in [-0.4, -0.2) is 79.8 Å². The highest BCUT2D eigenvalue weighted by Crippen LogP contribution is 2.27. The molecule has 2 saturated heterocycles. The van der Waals surface area contributed by atoms with Gasteiger partial charge in [0.15, 0.2) is 5.96 Å². The zero-order valence-corrected chi connectivity index (χ0v) is 15.5. The number of anilines is 1. The number of guanidine groups is 1. The number of nitrogens with one attached hydrogen (secondary N) is 1. The lowest BCUT2D eigenvalue weighted by molar-refractivity contribution is 0.314. The number of benzene rings is 1. The number of para-hydroxylation sites is 2. The maximum atomic E-state index is 10.1. The molecular weight excluding hydrogens is 314 g/mol. The van der Waals surface area contributed by atoms with Crippen LogP contribution in [0.3, 0.4) is 0 Å². The van der Waals surface area contributed by atoms with Crippen molar-refractivity contribution in [3.05, 3.63) is 24.3 Å². The van der Waals surface area contributed by atoms with Gasteiger partial charge < -0.3 is 25.1 Å². The van der Waals surface area contributed by atoms with Crippen LogP contribution in [0.4, 0.5) is 5.69 Å². The summed E-state index contributed by atoms with van der Waals surface area (Å²) in [4.78, 5) is 11.9. The minimum Gasteiger partial charge on any atom is -0.506 e. The Kier molecular flexibility index (Phi) is 6.02. The Hall–Kier alpha value is -1.95. The second-order valence-corrected chi connectivity index (χ2v) is 6.93. The minimum atomic E-state index is 0.362. The van der Waals surface area contributed by atoms with E-state index in [-0.39, 0.29) is 0 Å². The van der Waals surface area contributed by atoms with Crippen LogP contribution >= 0.6 is 0 Å². The fourth-order valence-corrected chi connectivity index (χ4v) is 3.72. The number of phenols is 1. The predicted molar refractivity (Wildman–Crippen MR) is 104 cm³/mol. The molecule has 25 heavy (non-hydrogen) atoms. The summed E-state index contributed by atoms with van der Waals surface area (Å²) in [5.74, 6) is 1.39. The molecule has 138 valence electrons. The maximum absolute atomic E-state index is 10.1. The van der Waals surface area contributed by atoms with Crippen LogP contribution in [0.2, 0.25) is 0 Å². The summed E-state index contributed by atoms with van der Waals surface area (Å²) in [6.45, 7) is 8.70. The Morgan fingerprint density at radius 3 is 2.60 bits per heavy atom. The maximum Gasteiger partial charge on any atom is 0.194 e. The van der Waals surface area contributed by atoms with Gasteiger partial charge in [0.25, 0.3) is 0 Å². The van der Waals surface area contributed by atoms with Gasteiger partial charge in [-0.2, -0.15) is 0 Å². The molecule has 1 aromatic carbocycles. The first-order chi connectivity index (χ1) is 12.2.